The number of rotatable bonds is 5. The molecule has 0 radical (unpaired) electrons. The van der Waals surface area contributed by atoms with Crippen LogP contribution in [0.15, 0.2) is 10.6 Å². The van der Waals surface area contributed by atoms with E-state index in [1.54, 1.807) is 6.07 Å². The Morgan fingerprint density at radius 1 is 1.27 bits per heavy atom. The molecule has 164 valence electrons. The van der Waals surface area contributed by atoms with E-state index in [1.165, 1.54) is 19.3 Å². The van der Waals surface area contributed by atoms with Crippen LogP contribution in [0.5, 0.6) is 0 Å². The number of hydrogen-bond acceptors (Lipinski definition) is 6. The number of carbonyl (C=O) groups is 1. The van der Waals surface area contributed by atoms with Crippen LogP contribution in [0.4, 0.5) is 10.1 Å². The molecule has 1 aromatic heterocycles. The molecule has 30 heavy (non-hydrogen) atoms. The van der Waals surface area contributed by atoms with Crippen LogP contribution in [0.3, 0.4) is 0 Å². The molecule has 2 heterocycles. The smallest absolute Gasteiger partial charge is 0.274 e. The van der Waals surface area contributed by atoms with Gasteiger partial charge in [0.2, 0.25) is 5.58 Å². The number of benzene rings is 1. The Hall–Kier alpha value is -2.19. The minimum atomic E-state index is -0.600. The zero-order valence-electron chi connectivity index (χ0n) is 17.6. The van der Waals surface area contributed by atoms with Gasteiger partial charge >= 0.3 is 0 Å². The van der Waals surface area contributed by atoms with Gasteiger partial charge in [0.05, 0.1) is 29.9 Å². The number of halogens is 1. The van der Waals surface area contributed by atoms with Gasteiger partial charge in [0.1, 0.15) is 0 Å². The number of aliphatic hydroxyl groups is 1. The molecular formula is C22H30FN3O4. The normalized spacial score (nSPS) is 23.1. The topological polar surface area (TPSA) is 87.8 Å². The number of carbonyl (C=O) groups excluding carboxylic acids is 1. The number of fused-ring (bicyclic) bond motifs is 1. The van der Waals surface area contributed by atoms with Crippen molar-refractivity contribution in [3.8, 4) is 0 Å². The summed E-state index contributed by atoms with van der Waals surface area (Å²) in [5, 5.41) is 17.0. The highest BCUT2D eigenvalue weighted by Crippen LogP contribution is 2.35. The van der Waals surface area contributed by atoms with Crippen molar-refractivity contribution in [3.05, 3.63) is 23.1 Å². The SMILES string of the molecule is C[C@@H]1CN(c2c(CO)cc3c(C(=O)NCC4CCCCC4)noc3c2F)C[C@H](C)O1. The Balaban J connectivity index is 1.61. The third-order valence-electron chi connectivity index (χ3n) is 6.16. The largest absolute Gasteiger partial charge is 0.392 e. The van der Waals surface area contributed by atoms with Crippen molar-refractivity contribution in [2.45, 2.75) is 64.8 Å². The van der Waals surface area contributed by atoms with Crippen LogP contribution in [0.2, 0.25) is 0 Å². The molecule has 1 saturated heterocycles. The molecule has 2 aliphatic rings. The summed E-state index contributed by atoms with van der Waals surface area (Å²) in [6.07, 6.45) is 5.74. The summed E-state index contributed by atoms with van der Waals surface area (Å²) in [5.74, 6) is -0.497. The van der Waals surface area contributed by atoms with Crippen molar-refractivity contribution in [1.29, 1.82) is 0 Å². The minimum Gasteiger partial charge on any atom is -0.392 e. The fraction of sp³-hybridized carbons (Fsp3) is 0.636. The predicted octanol–water partition coefficient (Wildman–Crippen LogP) is 3.38. The van der Waals surface area contributed by atoms with E-state index in [0.29, 0.717) is 31.1 Å². The average Bonchev–Trinajstić information content (AvgIpc) is 3.16. The van der Waals surface area contributed by atoms with Gasteiger partial charge in [0.15, 0.2) is 11.5 Å². The highest BCUT2D eigenvalue weighted by Gasteiger charge is 2.30. The quantitative estimate of drug-likeness (QED) is 0.773. The van der Waals surface area contributed by atoms with Crippen molar-refractivity contribution in [2.24, 2.45) is 5.92 Å². The molecule has 4 rings (SSSR count). The van der Waals surface area contributed by atoms with E-state index in [-0.39, 0.29) is 47.1 Å². The average molecular weight is 419 g/mol. The molecule has 1 aromatic carbocycles. The van der Waals surface area contributed by atoms with E-state index >= 15 is 4.39 Å². The Kier molecular flexibility index (Phi) is 6.24. The van der Waals surface area contributed by atoms with Crippen molar-refractivity contribution < 1.29 is 23.6 Å². The maximum atomic E-state index is 15.4. The molecule has 1 aliphatic heterocycles. The maximum absolute atomic E-state index is 15.4. The number of hydrogen-bond donors (Lipinski definition) is 2. The van der Waals surface area contributed by atoms with Crippen molar-refractivity contribution >= 4 is 22.6 Å². The Labute approximate surface area is 175 Å². The molecule has 0 bridgehead atoms. The second-order valence-electron chi connectivity index (χ2n) is 8.64. The third-order valence-corrected chi connectivity index (χ3v) is 6.16. The first-order valence-electron chi connectivity index (χ1n) is 10.9. The molecule has 2 aromatic rings. The molecule has 1 aliphatic carbocycles. The molecular weight excluding hydrogens is 389 g/mol. The summed E-state index contributed by atoms with van der Waals surface area (Å²) in [6, 6.07) is 1.62. The van der Waals surface area contributed by atoms with Gasteiger partial charge < -0.3 is 24.6 Å². The molecule has 1 amide bonds. The summed E-state index contributed by atoms with van der Waals surface area (Å²) in [5.41, 5.74) is 0.699. The molecule has 1 saturated carbocycles. The number of nitrogens with one attached hydrogen (secondary N) is 1. The lowest BCUT2D eigenvalue weighted by Gasteiger charge is -2.37. The van der Waals surface area contributed by atoms with Crippen LogP contribution in [0.25, 0.3) is 11.0 Å². The molecule has 0 spiro atoms. The van der Waals surface area contributed by atoms with Gasteiger partial charge in [-0.25, -0.2) is 4.39 Å². The first-order valence-corrected chi connectivity index (χ1v) is 10.9. The Bertz CT molecular complexity index is 899. The number of aliphatic hydroxyl groups excluding tert-OH is 1. The molecule has 2 N–H and O–H groups in total. The fourth-order valence-electron chi connectivity index (χ4n) is 4.78. The lowest BCUT2D eigenvalue weighted by atomic mass is 9.89. The van der Waals surface area contributed by atoms with E-state index in [2.05, 4.69) is 10.5 Å². The molecule has 7 nitrogen and oxygen atoms in total. The highest BCUT2D eigenvalue weighted by atomic mass is 19.1. The van der Waals surface area contributed by atoms with Gasteiger partial charge in [-0.15, -0.1) is 0 Å². The second kappa shape index (κ2) is 8.89. The van der Waals surface area contributed by atoms with Crippen LogP contribution < -0.4 is 10.2 Å². The number of amides is 1. The summed E-state index contributed by atoms with van der Waals surface area (Å²) in [6.45, 7) is 5.11. The number of aromatic nitrogens is 1. The summed E-state index contributed by atoms with van der Waals surface area (Å²) < 4.78 is 26.4. The first-order chi connectivity index (χ1) is 14.5. The van der Waals surface area contributed by atoms with Gasteiger partial charge in [-0.2, -0.15) is 0 Å². The first kappa shape index (κ1) is 21.1. The number of ether oxygens (including phenoxy) is 1. The van der Waals surface area contributed by atoms with Crippen molar-refractivity contribution in [1.82, 2.24) is 10.5 Å². The van der Waals surface area contributed by atoms with Crippen LogP contribution in [0, 0.1) is 11.7 Å². The van der Waals surface area contributed by atoms with Crippen molar-refractivity contribution in [3.63, 3.8) is 0 Å². The molecule has 0 unspecified atom stereocenters. The number of anilines is 1. The van der Waals surface area contributed by atoms with Gasteiger partial charge in [0.25, 0.3) is 5.91 Å². The van der Waals surface area contributed by atoms with E-state index in [4.69, 9.17) is 9.26 Å². The highest BCUT2D eigenvalue weighted by molar-refractivity contribution is 6.05. The monoisotopic (exact) mass is 419 g/mol. The number of morpholine rings is 1. The zero-order valence-corrected chi connectivity index (χ0v) is 17.6. The lowest BCUT2D eigenvalue weighted by Crippen LogP contribution is -2.46. The van der Waals surface area contributed by atoms with E-state index < -0.39 is 5.82 Å². The summed E-state index contributed by atoms with van der Waals surface area (Å²) in [7, 11) is 0. The minimum absolute atomic E-state index is 0.0585. The molecule has 2 fully saturated rings. The van der Waals surface area contributed by atoms with E-state index in [0.717, 1.165) is 12.8 Å². The molecule has 8 heteroatoms. The van der Waals surface area contributed by atoms with Crippen LogP contribution in [-0.2, 0) is 11.3 Å². The van der Waals surface area contributed by atoms with E-state index in [9.17, 15) is 9.90 Å². The molecule has 2 atom stereocenters. The van der Waals surface area contributed by atoms with Crippen LogP contribution >= 0.6 is 0 Å². The predicted molar refractivity (Wildman–Crippen MR) is 111 cm³/mol. The van der Waals surface area contributed by atoms with Gasteiger partial charge in [-0.3, -0.25) is 4.79 Å². The zero-order chi connectivity index (χ0) is 21.3. The Morgan fingerprint density at radius 2 is 1.97 bits per heavy atom. The summed E-state index contributed by atoms with van der Waals surface area (Å²) >= 11 is 0. The second-order valence-corrected chi connectivity index (χ2v) is 8.64. The van der Waals surface area contributed by atoms with Crippen LogP contribution in [-0.4, -0.2) is 48.0 Å². The van der Waals surface area contributed by atoms with E-state index in [1.807, 2.05) is 18.7 Å². The fourth-order valence-corrected chi connectivity index (χ4v) is 4.78. The summed E-state index contributed by atoms with van der Waals surface area (Å²) in [4.78, 5) is 14.6. The van der Waals surface area contributed by atoms with Gasteiger partial charge in [-0.1, -0.05) is 24.4 Å². The van der Waals surface area contributed by atoms with Gasteiger partial charge in [0, 0.05) is 25.2 Å². The van der Waals surface area contributed by atoms with Gasteiger partial charge in [-0.05, 0) is 38.7 Å². The van der Waals surface area contributed by atoms with Crippen LogP contribution in [0.1, 0.15) is 62.0 Å². The maximum Gasteiger partial charge on any atom is 0.274 e. The standard InChI is InChI=1S/C22H30FN3O4/c1-13-10-26(11-14(2)29-13)20-16(12-27)8-17-19(25-30-21(17)18(20)23)22(28)24-9-15-6-4-3-5-7-15/h8,13-15,27H,3-7,9-12H2,1-2H3,(H,24,28)/t13-,14+. The number of nitrogens with zero attached hydrogens (tertiary/aromatic N) is 2. The van der Waals surface area contributed by atoms with Crippen molar-refractivity contribution in [2.75, 3.05) is 24.5 Å². The third kappa shape index (κ3) is 4.16. The lowest BCUT2D eigenvalue weighted by molar-refractivity contribution is -0.00550. The Morgan fingerprint density at radius 3 is 2.63 bits per heavy atom.